The first-order chi connectivity index (χ1) is 15.8. The van der Waals surface area contributed by atoms with Gasteiger partial charge in [-0.05, 0) is 85.8 Å². The number of aryl methyl sites for hydroxylation is 1. The summed E-state index contributed by atoms with van der Waals surface area (Å²) >= 11 is 2.20. The van der Waals surface area contributed by atoms with Gasteiger partial charge in [0.1, 0.15) is 5.82 Å². The van der Waals surface area contributed by atoms with Crippen molar-refractivity contribution in [3.8, 4) is 5.69 Å². The smallest absolute Gasteiger partial charge is 0.266 e. The van der Waals surface area contributed by atoms with Crippen LogP contribution in [-0.4, -0.2) is 21.5 Å². The molecule has 0 unspecified atom stereocenters. The highest BCUT2D eigenvalue weighted by atomic mass is 127. The largest absolute Gasteiger partial charge is 0.305 e. The first kappa shape index (κ1) is 21.6. The lowest BCUT2D eigenvalue weighted by molar-refractivity contribution is -0.113. The molecule has 3 aromatic carbocycles. The zero-order chi connectivity index (χ0) is 23.3. The fraction of sp³-hybridized carbons (Fsp3) is 0.148. The molecule has 0 saturated carbocycles. The summed E-state index contributed by atoms with van der Waals surface area (Å²) in [6.07, 6.45) is 1.75. The second-order valence-electron chi connectivity index (χ2n) is 8.45. The van der Waals surface area contributed by atoms with E-state index in [0.717, 1.165) is 20.4 Å². The summed E-state index contributed by atoms with van der Waals surface area (Å²) in [5, 5.41) is 0.548. The quantitative estimate of drug-likeness (QED) is 0.248. The Bertz CT molecular complexity index is 1500. The summed E-state index contributed by atoms with van der Waals surface area (Å²) in [6.45, 7) is 6.00. The Morgan fingerprint density at radius 2 is 1.70 bits per heavy atom. The van der Waals surface area contributed by atoms with Crippen LogP contribution in [0.2, 0.25) is 0 Å². The fourth-order valence-corrected chi connectivity index (χ4v) is 4.75. The Morgan fingerprint density at radius 1 is 0.970 bits per heavy atom. The van der Waals surface area contributed by atoms with Crippen LogP contribution < -0.4 is 10.5 Å². The Kier molecular flexibility index (Phi) is 5.40. The normalized spacial score (nSPS) is 14.5. The third-order valence-corrected chi connectivity index (χ3v) is 6.51. The number of benzene rings is 3. The van der Waals surface area contributed by atoms with Crippen molar-refractivity contribution in [3.05, 3.63) is 97.6 Å². The highest BCUT2D eigenvalue weighted by Gasteiger charge is 2.34. The van der Waals surface area contributed by atoms with Gasteiger partial charge < -0.3 is 4.90 Å². The van der Waals surface area contributed by atoms with Gasteiger partial charge in [-0.2, -0.15) is 0 Å². The van der Waals surface area contributed by atoms with E-state index in [-0.39, 0.29) is 17.5 Å². The second-order valence-corrected chi connectivity index (χ2v) is 9.70. The number of rotatable bonds is 3. The Balaban J connectivity index is 1.81. The number of carbonyl (C=O) groups is 1. The lowest BCUT2D eigenvalue weighted by Gasteiger charge is -2.21. The molecular weight excluding hydrogens is 525 g/mol. The van der Waals surface area contributed by atoms with E-state index < -0.39 is 0 Å². The van der Waals surface area contributed by atoms with Crippen molar-refractivity contribution < 1.29 is 4.79 Å². The van der Waals surface area contributed by atoms with Gasteiger partial charge in [0.25, 0.3) is 11.5 Å². The molecule has 5 nitrogen and oxygen atoms in total. The van der Waals surface area contributed by atoms with Crippen LogP contribution in [0.4, 0.5) is 5.69 Å². The summed E-state index contributed by atoms with van der Waals surface area (Å²) in [5.74, 6) is 0.347. The molecule has 33 heavy (non-hydrogen) atoms. The van der Waals surface area contributed by atoms with E-state index in [1.54, 1.807) is 15.5 Å². The zero-order valence-electron chi connectivity index (χ0n) is 18.5. The summed E-state index contributed by atoms with van der Waals surface area (Å²) in [5.41, 5.74) is 4.53. The molecule has 0 aliphatic carbocycles. The molecule has 0 N–H and O–H groups in total. The summed E-state index contributed by atoms with van der Waals surface area (Å²) in [7, 11) is 0. The van der Waals surface area contributed by atoms with Gasteiger partial charge in [-0.15, -0.1) is 0 Å². The van der Waals surface area contributed by atoms with Crippen LogP contribution in [0.5, 0.6) is 0 Å². The number of para-hydroxylation sites is 1. The van der Waals surface area contributed by atoms with Crippen molar-refractivity contribution >= 4 is 56.7 Å². The van der Waals surface area contributed by atoms with Gasteiger partial charge in [-0.1, -0.05) is 35.9 Å². The minimum Gasteiger partial charge on any atom is -0.305 e. The van der Waals surface area contributed by atoms with Gasteiger partial charge in [0.2, 0.25) is 0 Å². The Labute approximate surface area is 205 Å². The van der Waals surface area contributed by atoms with Crippen molar-refractivity contribution in [2.45, 2.75) is 26.8 Å². The highest BCUT2D eigenvalue weighted by Crippen LogP contribution is 2.38. The predicted molar refractivity (Wildman–Crippen MR) is 142 cm³/mol. The maximum atomic E-state index is 13.7. The molecule has 0 spiro atoms. The topological polar surface area (TPSA) is 55.2 Å². The summed E-state index contributed by atoms with van der Waals surface area (Å²) in [6, 6.07) is 21.1. The third kappa shape index (κ3) is 3.68. The van der Waals surface area contributed by atoms with E-state index in [1.807, 2.05) is 87.5 Å². The molecular formula is C27H22IN3O2. The van der Waals surface area contributed by atoms with Crippen molar-refractivity contribution in [1.29, 1.82) is 0 Å². The van der Waals surface area contributed by atoms with Gasteiger partial charge in [-0.3, -0.25) is 14.2 Å². The Hall–Kier alpha value is -3.26. The van der Waals surface area contributed by atoms with Crippen LogP contribution >= 0.6 is 22.6 Å². The molecule has 1 aliphatic heterocycles. The van der Waals surface area contributed by atoms with Crippen molar-refractivity contribution in [2.75, 3.05) is 4.90 Å². The lowest BCUT2D eigenvalue weighted by atomic mass is 10.1. The average Bonchev–Trinajstić information content (AvgIpc) is 3.07. The van der Waals surface area contributed by atoms with Crippen LogP contribution in [0.25, 0.3) is 28.2 Å². The van der Waals surface area contributed by atoms with Gasteiger partial charge in [0, 0.05) is 15.2 Å². The van der Waals surface area contributed by atoms with E-state index in [9.17, 15) is 9.59 Å². The maximum absolute atomic E-state index is 13.7. The molecule has 0 radical (unpaired) electrons. The number of nitrogens with zero attached hydrogens (tertiary/aromatic N) is 3. The standard InChI is InChI=1S/C27H22IN3O2/c1-16(2)30-24-7-5-4-6-20(24)21(26(30)32)15-25-29-23-13-10-18(28)14-22(23)27(33)31(25)19-11-8-17(3)9-12-19/h4-16H,1-3H3. The minimum atomic E-state index is -0.159. The molecule has 0 bridgehead atoms. The predicted octanol–water partition coefficient (Wildman–Crippen LogP) is 5.59. The van der Waals surface area contributed by atoms with Crippen molar-refractivity contribution in [1.82, 2.24) is 9.55 Å². The molecule has 6 heteroatoms. The van der Waals surface area contributed by atoms with Crippen LogP contribution in [-0.2, 0) is 4.79 Å². The number of aromatic nitrogens is 2. The van der Waals surface area contributed by atoms with Crippen LogP contribution in [0, 0.1) is 10.5 Å². The molecule has 4 aromatic rings. The van der Waals surface area contributed by atoms with Gasteiger partial charge >= 0.3 is 0 Å². The number of hydrogen-bond acceptors (Lipinski definition) is 3. The first-order valence-corrected chi connectivity index (χ1v) is 11.9. The molecule has 5 rings (SSSR count). The number of anilines is 1. The molecule has 0 atom stereocenters. The molecule has 0 fully saturated rings. The third-order valence-electron chi connectivity index (χ3n) is 5.84. The van der Waals surface area contributed by atoms with Crippen LogP contribution in [0.3, 0.4) is 0 Å². The molecule has 0 saturated heterocycles. The average molecular weight is 547 g/mol. The van der Waals surface area contributed by atoms with E-state index >= 15 is 0 Å². The minimum absolute atomic E-state index is 0.00970. The molecule has 1 amide bonds. The van der Waals surface area contributed by atoms with E-state index in [2.05, 4.69) is 22.6 Å². The van der Waals surface area contributed by atoms with Crippen LogP contribution in [0.15, 0.2) is 71.5 Å². The van der Waals surface area contributed by atoms with Gasteiger partial charge in [-0.25, -0.2) is 4.98 Å². The van der Waals surface area contributed by atoms with Crippen molar-refractivity contribution in [3.63, 3.8) is 0 Å². The number of halogens is 1. The number of hydrogen-bond donors (Lipinski definition) is 0. The Morgan fingerprint density at radius 3 is 2.42 bits per heavy atom. The molecule has 1 aromatic heterocycles. The maximum Gasteiger partial charge on any atom is 0.266 e. The zero-order valence-corrected chi connectivity index (χ0v) is 20.7. The van der Waals surface area contributed by atoms with E-state index in [4.69, 9.17) is 4.98 Å². The summed E-state index contributed by atoms with van der Waals surface area (Å²) in [4.78, 5) is 33.7. The molecule has 164 valence electrons. The molecule has 2 heterocycles. The highest BCUT2D eigenvalue weighted by molar-refractivity contribution is 14.1. The van der Waals surface area contributed by atoms with Crippen LogP contribution in [0.1, 0.15) is 30.8 Å². The van der Waals surface area contributed by atoms with Gasteiger partial charge in [0.15, 0.2) is 0 Å². The SMILES string of the molecule is Cc1ccc(-n2c(C=C3C(=O)N(C(C)C)c4ccccc43)nc3ccc(I)cc3c2=O)cc1. The second kappa shape index (κ2) is 8.26. The van der Waals surface area contributed by atoms with E-state index in [1.165, 1.54) is 0 Å². The number of amides is 1. The first-order valence-electron chi connectivity index (χ1n) is 10.8. The monoisotopic (exact) mass is 547 g/mol. The number of carbonyl (C=O) groups excluding carboxylic acids is 1. The van der Waals surface area contributed by atoms with Gasteiger partial charge in [0.05, 0.1) is 27.9 Å². The molecule has 1 aliphatic rings. The number of fused-ring (bicyclic) bond motifs is 2. The summed E-state index contributed by atoms with van der Waals surface area (Å²) < 4.78 is 2.56. The lowest BCUT2D eigenvalue weighted by Crippen LogP contribution is -2.33. The van der Waals surface area contributed by atoms with Crippen molar-refractivity contribution in [2.24, 2.45) is 0 Å². The fourth-order valence-electron chi connectivity index (χ4n) is 4.26. The van der Waals surface area contributed by atoms with E-state index in [0.29, 0.717) is 28.0 Å².